The normalized spacial score (nSPS) is 11.4. The van der Waals surface area contributed by atoms with Gasteiger partial charge in [-0.2, -0.15) is 18.3 Å². The first kappa shape index (κ1) is 17.7. The summed E-state index contributed by atoms with van der Waals surface area (Å²) < 4.78 is 54.4. The Hall–Kier alpha value is -3.16. The van der Waals surface area contributed by atoms with Gasteiger partial charge in [0, 0.05) is 18.8 Å². The molecule has 0 aliphatic carbocycles. The molecule has 0 saturated carbocycles. The zero-order chi connectivity index (χ0) is 18.9. The molecule has 8 heteroatoms. The number of aromatic nitrogens is 2. The molecule has 0 fully saturated rings. The lowest BCUT2D eigenvalue weighted by Gasteiger charge is -2.21. The second-order valence-electron chi connectivity index (χ2n) is 5.54. The summed E-state index contributed by atoms with van der Waals surface area (Å²) in [5, 5.41) is 3.42. The average Bonchev–Trinajstić information content (AvgIpc) is 2.98. The monoisotopic (exact) mass is 363 g/mol. The number of hydrogen-bond acceptors (Lipinski definition) is 2. The average molecular weight is 363 g/mol. The molecule has 0 unspecified atom stereocenters. The van der Waals surface area contributed by atoms with Gasteiger partial charge in [0.05, 0.1) is 11.4 Å². The third-order valence-corrected chi connectivity index (χ3v) is 3.74. The topological polar surface area (TPSA) is 38.1 Å². The third kappa shape index (κ3) is 3.30. The third-order valence-electron chi connectivity index (χ3n) is 3.74. The molecule has 1 heterocycles. The Morgan fingerprint density at radius 2 is 1.81 bits per heavy atom. The van der Waals surface area contributed by atoms with E-state index in [1.807, 2.05) is 0 Å². The van der Waals surface area contributed by atoms with Gasteiger partial charge in [-0.25, -0.2) is 4.39 Å². The number of rotatable bonds is 4. The van der Waals surface area contributed by atoms with E-state index in [2.05, 4.69) is 5.10 Å². The van der Waals surface area contributed by atoms with E-state index in [0.29, 0.717) is 11.1 Å². The van der Waals surface area contributed by atoms with Crippen LogP contribution in [-0.4, -0.2) is 16.2 Å². The second kappa shape index (κ2) is 6.62. The Balaban J connectivity index is 2.19. The van der Waals surface area contributed by atoms with E-state index in [-0.39, 0.29) is 12.1 Å². The van der Waals surface area contributed by atoms with Gasteiger partial charge >= 0.3 is 6.18 Å². The van der Waals surface area contributed by atoms with E-state index >= 15 is 0 Å². The number of para-hydroxylation sites is 1. The molecule has 0 aliphatic rings. The quantitative estimate of drug-likeness (QED) is 0.504. The van der Waals surface area contributed by atoms with Crippen molar-refractivity contribution in [2.24, 2.45) is 7.05 Å². The van der Waals surface area contributed by atoms with E-state index in [1.54, 1.807) is 24.3 Å². The number of carbonyl (C=O) groups is 1. The predicted molar refractivity (Wildman–Crippen MR) is 88.2 cm³/mol. The van der Waals surface area contributed by atoms with Gasteiger partial charge in [0.2, 0.25) is 6.41 Å². The fourth-order valence-corrected chi connectivity index (χ4v) is 2.68. The number of aryl methyl sites for hydroxylation is 1. The first-order chi connectivity index (χ1) is 12.3. The number of nitrogens with zero attached hydrogens (tertiary/aromatic N) is 3. The highest BCUT2D eigenvalue weighted by Gasteiger charge is 2.39. The predicted octanol–water partition coefficient (Wildman–Crippen LogP) is 4.54. The van der Waals surface area contributed by atoms with Gasteiger partial charge in [-0.3, -0.25) is 14.4 Å². The molecule has 1 amide bonds. The molecule has 134 valence electrons. The molecule has 0 radical (unpaired) electrons. The zero-order valence-corrected chi connectivity index (χ0v) is 13.5. The summed E-state index contributed by atoms with van der Waals surface area (Å²) >= 11 is 0. The minimum Gasteiger partial charge on any atom is -0.279 e. The van der Waals surface area contributed by atoms with Crippen LogP contribution in [0.15, 0.2) is 54.7 Å². The Morgan fingerprint density at radius 3 is 2.46 bits per heavy atom. The summed E-state index contributed by atoms with van der Waals surface area (Å²) in [6.45, 7) is 0. The van der Waals surface area contributed by atoms with E-state index in [1.165, 1.54) is 31.3 Å². The summed E-state index contributed by atoms with van der Waals surface area (Å²) in [6.07, 6.45) is -3.34. The minimum atomic E-state index is -4.73. The first-order valence-corrected chi connectivity index (χ1v) is 7.51. The highest BCUT2D eigenvalue weighted by atomic mass is 19.4. The fraction of sp³-hybridized carbons (Fsp3) is 0.111. The molecule has 2 aromatic carbocycles. The number of alkyl halides is 3. The van der Waals surface area contributed by atoms with Crippen molar-refractivity contribution in [2.45, 2.75) is 6.18 Å². The number of anilines is 2. The van der Waals surface area contributed by atoms with Gasteiger partial charge in [0.25, 0.3) is 0 Å². The van der Waals surface area contributed by atoms with Crippen LogP contribution in [0.3, 0.4) is 0 Å². The van der Waals surface area contributed by atoms with E-state index in [9.17, 15) is 22.4 Å². The van der Waals surface area contributed by atoms with Gasteiger partial charge in [-0.1, -0.05) is 30.3 Å². The summed E-state index contributed by atoms with van der Waals surface area (Å²) in [7, 11) is 1.33. The summed E-state index contributed by atoms with van der Waals surface area (Å²) in [5.41, 5.74) is -0.549. The maximum atomic E-state index is 13.6. The zero-order valence-electron chi connectivity index (χ0n) is 13.5. The van der Waals surface area contributed by atoms with Crippen molar-refractivity contribution < 1.29 is 22.4 Å². The fourth-order valence-electron chi connectivity index (χ4n) is 2.68. The minimum absolute atomic E-state index is 0.187. The molecular formula is C18H13F4N3O. The van der Waals surface area contributed by atoms with Crippen LogP contribution in [-0.2, 0) is 18.0 Å². The van der Waals surface area contributed by atoms with Crippen molar-refractivity contribution in [1.29, 1.82) is 0 Å². The maximum absolute atomic E-state index is 13.6. The lowest BCUT2D eigenvalue weighted by molar-refractivity contribution is -0.140. The van der Waals surface area contributed by atoms with Gasteiger partial charge in [-0.05, 0) is 23.8 Å². The van der Waals surface area contributed by atoms with Crippen molar-refractivity contribution in [1.82, 2.24) is 9.78 Å². The molecular weight excluding hydrogens is 350 g/mol. The highest BCUT2D eigenvalue weighted by molar-refractivity contribution is 5.94. The number of hydrogen-bond donors (Lipinski definition) is 0. The molecule has 0 spiro atoms. The number of carbonyl (C=O) groups excluding carboxylic acids is 1. The second-order valence-corrected chi connectivity index (χ2v) is 5.54. The Labute approximate surface area is 146 Å². The van der Waals surface area contributed by atoms with Crippen LogP contribution < -0.4 is 4.90 Å². The smallest absolute Gasteiger partial charge is 0.279 e. The lowest BCUT2D eigenvalue weighted by Crippen LogP contribution is -2.19. The highest BCUT2D eigenvalue weighted by Crippen LogP contribution is 2.40. The van der Waals surface area contributed by atoms with Gasteiger partial charge in [0.15, 0.2) is 5.69 Å². The molecule has 26 heavy (non-hydrogen) atoms. The molecule has 3 rings (SSSR count). The maximum Gasteiger partial charge on any atom is 0.437 e. The molecule has 0 bridgehead atoms. The van der Waals surface area contributed by atoms with E-state index in [0.717, 1.165) is 15.8 Å². The van der Waals surface area contributed by atoms with Gasteiger partial charge < -0.3 is 0 Å². The lowest BCUT2D eigenvalue weighted by atomic mass is 10.0. The summed E-state index contributed by atoms with van der Waals surface area (Å²) in [6, 6.07) is 11.9. The van der Waals surface area contributed by atoms with Gasteiger partial charge in [0.1, 0.15) is 5.82 Å². The van der Waals surface area contributed by atoms with Crippen LogP contribution in [0.4, 0.5) is 28.9 Å². The van der Waals surface area contributed by atoms with Crippen LogP contribution >= 0.6 is 0 Å². The molecule has 4 nitrogen and oxygen atoms in total. The Kier molecular flexibility index (Phi) is 4.50. The molecule has 3 aromatic rings. The van der Waals surface area contributed by atoms with Crippen molar-refractivity contribution in [3.63, 3.8) is 0 Å². The number of amides is 1. The summed E-state index contributed by atoms with van der Waals surface area (Å²) in [4.78, 5) is 12.5. The van der Waals surface area contributed by atoms with Crippen molar-refractivity contribution in [2.75, 3.05) is 4.90 Å². The molecule has 1 aromatic heterocycles. The molecule has 0 saturated heterocycles. The number of halogens is 4. The van der Waals surface area contributed by atoms with Gasteiger partial charge in [-0.15, -0.1) is 0 Å². The van der Waals surface area contributed by atoms with Crippen molar-refractivity contribution in [3.8, 4) is 11.1 Å². The Morgan fingerprint density at radius 1 is 1.08 bits per heavy atom. The Bertz CT molecular complexity index is 950. The molecule has 0 N–H and O–H groups in total. The SMILES string of the molecule is Cn1cc(N(C=O)c2ccccc2-c2cccc(F)c2)c(C(F)(F)F)n1. The van der Waals surface area contributed by atoms with Crippen molar-refractivity contribution in [3.05, 3.63) is 66.2 Å². The van der Waals surface area contributed by atoms with Crippen LogP contribution in [0, 0.1) is 5.82 Å². The van der Waals surface area contributed by atoms with Crippen LogP contribution in [0.1, 0.15) is 5.69 Å². The molecule has 0 aliphatic heterocycles. The standard InChI is InChI=1S/C18H13F4N3O/c1-24-10-16(17(23-24)18(20,21)22)25(11-26)15-8-3-2-7-14(15)12-5-4-6-13(19)9-12/h2-11H,1H3. The van der Waals surface area contributed by atoms with E-state index in [4.69, 9.17) is 0 Å². The summed E-state index contributed by atoms with van der Waals surface area (Å²) in [5.74, 6) is -0.493. The number of benzene rings is 2. The van der Waals surface area contributed by atoms with Crippen LogP contribution in [0.2, 0.25) is 0 Å². The molecule has 0 atom stereocenters. The van der Waals surface area contributed by atoms with Crippen LogP contribution in [0.5, 0.6) is 0 Å². The first-order valence-electron chi connectivity index (χ1n) is 7.51. The van der Waals surface area contributed by atoms with Crippen molar-refractivity contribution >= 4 is 17.8 Å². The van der Waals surface area contributed by atoms with Crippen LogP contribution in [0.25, 0.3) is 11.1 Å². The van der Waals surface area contributed by atoms with E-state index < -0.39 is 23.4 Å². The largest absolute Gasteiger partial charge is 0.437 e.